The molecule has 5 rings (SSSR count). The van der Waals surface area contributed by atoms with Gasteiger partial charge in [0.1, 0.15) is 17.7 Å². The van der Waals surface area contributed by atoms with Gasteiger partial charge in [-0.15, -0.1) is 0 Å². The van der Waals surface area contributed by atoms with Crippen molar-refractivity contribution >= 4 is 28.7 Å². The Balaban J connectivity index is 1.32. The van der Waals surface area contributed by atoms with E-state index in [1.54, 1.807) is 20.8 Å². The maximum Gasteiger partial charge on any atom is 0.410 e. The van der Waals surface area contributed by atoms with E-state index < -0.39 is 23.8 Å². The van der Waals surface area contributed by atoms with E-state index in [1.807, 2.05) is 47.4 Å². The quantitative estimate of drug-likeness (QED) is 0.102. The lowest BCUT2D eigenvalue weighted by molar-refractivity contribution is -0.138. The topological polar surface area (TPSA) is 137 Å². The molecule has 0 aliphatic carbocycles. The SMILES string of the molecule is CC(C)(C)OC(=O)N1CCC[C@@H]1C(=O)N[C@H](Cc1ccccc1)C(=O)N1C[C@H](OCc2ccc3ccccc3c2)C[C@@H]1CCCN=[N+]=[N-]. The number of amides is 3. The highest BCUT2D eigenvalue weighted by Crippen LogP contribution is 2.28. The zero-order valence-corrected chi connectivity index (χ0v) is 28.1. The van der Waals surface area contributed by atoms with Crippen LogP contribution < -0.4 is 5.32 Å². The number of azide groups is 1. The first-order valence-electron chi connectivity index (χ1n) is 16.9. The Labute approximate surface area is 282 Å². The first kappa shape index (κ1) is 34.7. The van der Waals surface area contributed by atoms with Gasteiger partial charge in [0, 0.05) is 37.0 Å². The van der Waals surface area contributed by atoms with E-state index >= 15 is 0 Å². The molecule has 2 aliphatic rings. The lowest BCUT2D eigenvalue weighted by Crippen LogP contribution is -2.55. The molecular weight excluding hydrogens is 608 g/mol. The number of nitrogens with one attached hydrogen (secondary N) is 1. The number of hydrogen-bond acceptors (Lipinski definition) is 6. The molecule has 11 nitrogen and oxygen atoms in total. The highest BCUT2D eigenvalue weighted by Gasteiger charge is 2.41. The van der Waals surface area contributed by atoms with Crippen LogP contribution in [-0.2, 0) is 32.1 Å². The second-order valence-corrected chi connectivity index (χ2v) is 13.7. The van der Waals surface area contributed by atoms with Crippen LogP contribution in [0, 0.1) is 0 Å². The third kappa shape index (κ3) is 9.27. The molecule has 3 aromatic rings. The van der Waals surface area contributed by atoms with Gasteiger partial charge in [-0.25, -0.2) is 4.79 Å². The number of fused-ring (bicyclic) bond motifs is 1. The summed E-state index contributed by atoms with van der Waals surface area (Å²) < 4.78 is 12.0. The van der Waals surface area contributed by atoms with Crippen molar-refractivity contribution in [3.05, 3.63) is 94.4 Å². The van der Waals surface area contributed by atoms with Crippen molar-refractivity contribution in [2.24, 2.45) is 5.11 Å². The van der Waals surface area contributed by atoms with E-state index in [1.165, 1.54) is 4.90 Å². The number of carbonyl (C=O) groups is 3. The number of nitrogens with zero attached hydrogens (tertiary/aromatic N) is 5. The van der Waals surface area contributed by atoms with E-state index in [4.69, 9.17) is 15.0 Å². The second-order valence-electron chi connectivity index (χ2n) is 13.7. The molecule has 2 heterocycles. The number of carbonyl (C=O) groups excluding carboxylic acids is 3. The predicted octanol–water partition coefficient (Wildman–Crippen LogP) is 6.54. The van der Waals surface area contributed by atoms with Crippen LogP contribution in [0.15, 0.2) is 77.9 Å². The molecule has 48 heavy (non-hydrogen) atoms. The van der Waals surface area contributed by atoms with Crippen molar-refractivity contribution in [1.82, 2.24) is 15.1 Å². The van der Waals surface area contributed by atoms with Gasteiger partial charge in [-0.2, -0.15) is 0 Å². The fourth-order valence-corrected chi connectivity index (χ4v) is 6.62. The summed E-state index contributed by atoms with van der Waals surface area (Å²) in [6.07, 6.45) is 2.64. The van der Waals surface area contributed by atoms with E-state index in [0.29, 0.717) is 64.8 Å². The maximum absolute atomic E-state index is 14.4. The molecule has 3 aromatic carbocycles. The zero-order chi connectivity index (χ0) is 34.1. The molecule has 3 amide bonds. The highest BCUT2D eigenvalue weighted by molar-refractivity contribution is 5.92. The lowest BCUT2D eigenvalue weighted by Gasteiger charge is -2.31. The lowest BCUT2D eigenvalue weighted by atomic mass is 10.0. The predicted molar refractivity (Wildman–Crippen MR) is 184 cm³/mol. The van der Waals surface area contributed by atoms with Crippen molar-refractivity contribution in [1.29, 1.82) is 0 Å². The van der Waals surface area contributed by atoms with Crippen molar-refractivity contribution in [3.63, 3.8) is 0 Å². The van der Waals surface area contributed by atoms with E-state index in [0.717, 1.165) is 21.9 Å². The second kappa shape index (κ2) is 16.0. The van der Waals surface area contributed by atoms with Gasteiger partial charge in [-0.1, -0.05) is 71.8 Å². The smallest absolute Gasteiger partial charge is 0.410 e. The van der Waals surface area contributed by atoms with Crippen LogP contribution in [0.2, 0.25) is 0 Å². The molecule has 0 saturated carbocycles. The number of hydrogen-bond donors (Lipinski definition) is 1. The largest absolute Gasteiger partial charge is 0.444 e. The summed E-state index contributed by atoms with van der Waals surface area (Å²) in [7, 11) is 0. The van der Waals surface area contributed by atoms with Crippen LogP contribution in [0.5, 0.6) is 0 Å². The minimum absolute atomic E-state index is 0.145. The Kier molecular flexibility index (Phi) is 11.6. The molecule has 0 radical (unpaired) electrons. The number of ether oxygens (including phenoxy) is 2. The molecule has 0 unspecified atom stereocenters. The average Bonchev–Trinajstić information content (AvgIpc) is 3.73. The fraction of sp³-hybridized carbons (Fsp3) is 0.486. The maximum atomic E-state index is 14.4. The van der Waals surface area contributed by atoms with Gasteiger partial charge < -0.3 is 19.7 Å². The molecule has 0 spiro atoms. The third-order valence-electron chi connectivity index (χ3n) is 8.90. The normalized spacial score (nSPS) is 19.9. The summed E-state index contributed by atoms with van der Waals surface area (Å²) in [6.45, 7) is 6.93. The Morgan fingerprint density at radius 3 is 2.50 bits per heavy atom. The Morgan fingerprint density at radius 2 is 1.75 bits per heavy atom. The summed E-state index contributed by atoms with van der Waals surface area (Å²) in [5.41, 5.74) is 10.1. The summed E-state index contributed by atoms with van der Waals surface area (Å²) >= 11 is 0. The Bertz CT molecular complexity index is 1620. The molecule has 2 fully saturated rings. The van der Waals surface area contributed by atoms with Gasteiger partial charge in [0.25, 0.3) is 0 Å². The van der Waals surface area contributed by atoms with E-state index in [2.05, 4.69) is 45.7 Å². The van der Waals surface area contributed by atoms with Crippen molar-refractivity contribution < 1.29 is 23.9 Å². The highest BCUT2D eigenvalue weighted by atomic mass is 16.6. The summed E-state index contributed by atoms with van der Waals surface area (Å²) in [6, 6.07) is 22.3. The molecule has 11 heteroatoms. The van der Waals surface area contributed by atoms with Crippen molar-refractivity contribution in [3.8, 4) is 0 Å². The molecule has 0 aromatic heterocycles. The zero-order valence-electron chi connectivity index (χ0n) is 28.1. The number of likely N-dealkylation sites (tertiary alicyclic amines) is 2. The average molecular weight is 655 g/mol. The van der Waals surface area contributed by atoms with Gasteiger partial charge in [0.2, 0.25) is 11.8 Å². The molecular formula is C37H46N6O5. The monoisotopic (exact) mass is 654 g/mol. The van der Waals surface area contributed by atoms with Gasteiger partial charge >= 0.3 is 6.09 Å². The molecule has 0 bridgehead atoms. The molecule has 254 valence electrons. The van der Waals surface area contributed by atoms with Crippen LogP contribution in [0.25, 0.3) is 21.2 Å². The van der Waals surface area contributed by atoms with Crippen LogP contribution in [0.1, 0.15) is 64.0 Å². The van der Waals surface area contributed by atoms with Crippen LogP contribution in [0.4, 0.5) is 4.79 Å². The summed E-state index contributed by atoms with van der Waals surface area (Å²) in [5.74, 6) is -0.560. The van der Waals surface area contributed by atoms with Gasteiger partial charge in [0.05, 0.1) is 12.7 Å². The van der Waals surface area contributed by atoms with E-state index in [9.17, 15) is 14.4 Å². The Hall–Kier alpha value is -4.60. The first-order chi connectivity index (χ1) is 23.1. The van der Waals surface area contributed by atoms with Gasteiger partial charge in [-0.05, 0) is 86.4 Å². The Morgan fingerprint density at radius 1 is 1.00 bits per heavy atom. The molecule has 4 atom stereocenters. The molecule has 2 aliphatic heterocycles. The summed E-state index contributed by atoms with van der Waals surface area (Å²) in [4.78, 5) is 47.3. The number of rotatable bonds is 12. The van der Waals surface area contributed by atoms with Crippen LogP contribution in [-0.4, -0.2) is 77.2 Å². The van der Waals surface area contributed by atoms with Crippen LogP contribution >= 0.6 is 0 Å². The van der Waals surface area contributed by atoms with Crippen molar-refractivity contribution in [2.45, 2.75) is 95.7 Å². The standard InChI is InChI=1S/C37H46N6O5/c1-37(2,3)48-36(46)42-20-10-16-33(42)34(44)40-32(22-26-11-5-4-6-12-26)35(45)43-24-31(23-30(43)15-9-19-39-41-38)47-25-27-17-18-28-13-7-8-14-29(28)21-27/h4-8,11-14,17-18,21,30-33H,9-10,15-16,19-20,22-25H2,1-3H3,(H,40,44)/t30-,31+,32+,33+/m0/s1. The third-order valence-corrected chi connectivity index (χ3v) is 8.90. The minimum atomic E-state index is -0.847. The van der Waals surface area contributed by atoms with Crippen LogP contribution in [0.3, 0.4) is 0 Å². The minimum Gasteiger partial charge on any atom is -0.444 e. The van der Waals surface area contributed by atoms with Gasteiger partial charge in [-0.3, -0.25) is 14.5 Å². The van der Waals surface area contributed by atoms with Gasteiger partial charge in [0.15, 0.2) is 0 Å². The van der Waals surface area contributed by atoms with E-state index in [-0.39, 0.29) is 24.0 Å². The fourth-order valence-electron chi connectivity index (χ4n) is 6.62. The molecule has 2 saturated heterocycles. The molecule has 1 N–H and O–H groups in total. The first-order valence-corrected chi connectivity index (χ1v) is 16.9. The summed E-state index contributed by atoms with van der Waals surface area (Å²) in [5, 5.41) is 9.03. The number of benzene rings is 3. The van der Waals surface area contributed by atoms with Crippen molar-refractivity contribution in [2.75, 3.05) is 19.6 Å².